The molecule has 26 heavy (non-hydrogen) atoms. The van der Waals surface area contributed by atoms with Gasteiger partial charge in [-0.1, -0.05) is 29.8 Å². The van der Waals surface area contributed by atoms with Crippen LogP contribution in [0.1, 0.15) is 39.5 Å². The van der Waals surface area contributed by atoms with Gasteiger partial charge in [-0.2, -0.15) is 0 Å². The SMILES string of the molecule is COc1c2c(cc3c1C(CC(=O)c1ccc(C)cc1)N(C)CC3)OCO2. The summed E-state index contributed by atoms with van der Waals surface area (Å²) in [4.78, 5) is 15.1. The number of likely N-dealkylation sites (N-methyl/N-ethyl adjacent to an activating group) is 1. The number of aryl methyl sites for hydroxylation is 1. The lowest BCUT2D eigenvalue weighted by Crippen LogP contribution is -2.34. The molecule has 2 aliphatic rings. The maximum absolute atomic E-state index is 12.9. The molecule has 2 heterocycles. The van der Waals surface area contributed by atoms with Crippen molar-refractivity contribution in [2.75, 3.05) is 27.5 Å². The number of ketones is 1. The Balaban J connectivity index is 1.71. The summed E-state index contributed by atoms with van der Waals surface area (Å²) in [5, 5.41) is 0. The minimum Gasteiger partial charge on any atom is -0.492 e. The van der Waals surface area contributed by atoms with Crippen LogP contribution in [0.3, 0.4) is 0 Å². The number of carbonyl (C=O) groups is 1. The first-order valence-electron chi connectivity index (χ1n) is 8.88. The average Bonchev–Trinajstić information content (AvgIpc) is 3.11. The predicted molar refractivity (Wildman–Crippen MR) is 98.3 cm³/mol. The van der Waals surface area contributed by atoms with E-state index in [0.717, 1.165) is 35.4 Å². The fourth-order valence-corrected chi connectivity index (χ4v) is 3.82. The number of methoxy groups -OCH3 is 1. The molecular weight excluding hydrogens is 330 g/mol. The molecule has 1 atom stereocenters. The van der Waals surface area contributed by atoms with Crippen molar-refractivity contribution in [3.63, 3.8) is 0 Å². The van der Waals surface area contributed by atoms with Crippen molar-refractivity contribution in [3.05, 3.63) is 52.6 Å². The Hall–Kier alpha value is -2.53. The van der Waals surface area contributed by atoms with Gasteiger partial charge in [-0.3, -0.25) is 9.69 Å². The van der Waals surface area contributed by atoms with E-state index >= 15 is 0 Å². The lowest BCUT2D eigenvalue weighted by molar-refractivity contribution is 0.0925. The molecule has 5 nitrogen and oxygen atoms in total. The summed E-state index contributed by atoms with van der Waals surface area (Å²) in [6.45, 7) is 3.12. The van der Waals surface area contributed by atoms with Crippen molar-refractivity contribution >= 4 is 5.78 Å². The molecule has 2 aliphatic heterocycles. The van der Waals surface area contributed by atoms with E-state index < -0.39 is 0 Å². The first-order chi connectivity index (χ1) is 12.6. The molecule has 2 aromatic carbocycles. The number of nitrogens with zero attached hydrogens (tertiary/aromatic N) is 1. The van der Waals surface area contributed by atoms with Crippen LogP contribution in [0.4, 0.5) is 0 Å². The molecule has 1 unspecified atom stereocenters. The van der Waals surface area contributed by atoms with E-state index in [-0.39, 0.29) is 18.6 Å². The smallest absolute Gasteiger partial charge is 0.231 e. The standard InChI is InChI=1S/C21H23NO4/c1-13-4-6-14(7-5-13)17(23)11-16-19-15(8-9-22(16)2)10-18-20(21(19)24-3)26-12-25-18/h4-7,10,16H,8-9,11-12H2,1-3H3. The van der Waals surface area contributed by atoms with E-state index in [1.807, 2.05) is 37.3 Å². The zero-order chi connectivity index (χ0) is 18.3. The summed E-state index contributed by atoms with van der Waals surface area (Å²) in [7, 11) is 3.70. The van der Waals surface area contributed by atoms with E-state index in [1.54, 1.807) is 7.11 Å². The molecule has 0 amide bonds. The number of Topliss-reactive ketones (excluding diaryl/α,β-unsaturated/α-hetero) is 1. The summed E-state index contributed by atoms with van der Waals surface area (Å²) < 4.78 is 16.9. The molecule has 0 fully saturated rings. The summed E-state index contributed by atoms with van der Waals surface area (Å²) in [5.41, 5.74) is 4.11. The topological polar surface area (TPSA) is 48.0 Å². The van der Waals surface area contributed by atoms with Crippen molar-refractivity contribution in [2.24, 2.45) is 0 Å². The second-order valence-corrected chi connectivity index (χ2v) is 6.96. The van der Waals surface area contributed by atoms with Gasteiger partial charge >= 0.3 is 0 Å². The van der Waals surface area contributed by atoms with Crippen LogP contribution in [0.25, 0.3) is 0 Å². The molecule has 0 N–H and O–H groups in total. The molecule has 0 saturated heterocycles. The Morgan fingerprint density at radius 1 is 1.27 bits per heavy atom. The molecule has 0 radical (unpaired) electrons. The fraction of sp³-hybridized carbons (Fsp3) is 0.381. The van der Waals surface area contributed by atoms with Crippen LogP contribution in [0.5, 0.6) is 17.2 Å². The van der Waals surface area contributed by atoms with Gasteiger partial charge in [0.15, 0.2) is 17.3 Å². The zero-order valence-electron chi connectivity index (χ0n) is 15.4. The van der Waals surface area contributed by atoms with Crippen molar-refractivity contribution in [3.8, 4) is 17.2 Å². The van der Waals surface area contributed by atoms with Gasteiger partial charge < -0.3 is 14.2 Å². The van der Waals surface area contributed by atoms with E-state index in [2.05, 4.69) is 11.9 Å². The first kappa shape index (κ1) is 16.9. The Kier molecular flexibility index (Phi) is 4.32. The van der Waals surface area contributed by atoms with Crippen LogP contribution >= 0.6 is 0 Å². The lowest BCUT2D eigenvalue weighted by atomic mass is 9.87. The van der Waals surface area contributed by atoms with Gasteiger partial charge in [0.05, 0.1) is 7.11 Å². The highest BCUT2D eigenvalue weighted by atomic mass is 16.7. The molecule has 5 heteroatoms. The van der Waals surface area contributed by atoms with E-state index in [9.17, 15) is 4.79 Å². The zero-order valence-corrected chi connectivity index (χ0v) is 15.4. The third kappa shape index (κ3) is 2.82. The number of carbonyl (C=O) groups excluding carboxylic acids is 1. The monoisotopic (exact) mass is 353 g/mol. The van der Waals surface area contributed by atoms with Crippen LogP contribution in [0.15, 0.2) is 30.3 Å². The number of rotatable bonds is 4. The van der Waals surface area contributed by atoms with Gasteiger partial charge in [-0.05, 0) is 32.0 Å². The van der Waals surface area contributed by atoms with Gasteiger partial charge in [-0.15, -0.1) is 0 Å². The molecule has 2 aromatic rings. The molecule has 0 spiro atoms. The van der Waals surface area contributed by atoms with Gasteiger partial charge in [0.25, 0.3) is 0 Å². The normalized spacial score (nSPS) is 18.5. The number of ether oxygens (including phenoxy) is 3. The van der Waals surface area contributed by atoms with Crippen LogP contribution in [0, 0.1) is 6.92 Å². The van der Waals surface area contributed by atoms with E-state index in [0.29, 0.717) is 17.9 Å². The summed E-state index contributed by atoms with van der Waals surface area (Å²) in [5.74, 6) is 2.21. The van der Waals surface area contributed by atoms with Crippen LogP contribution in [-0.2, 0) is 6.42 Å². The highest BCUT2D eigenvalue weighted by Crippen LogP contribution is 2.50. The summed E-state index contributed by atoms with van der Waals surface area (Å²) >= 11 is 0. The first-order valence-corrected chi connectivity index (χ1v) is 8.88. The molecule has 0 bridgehead atoms. The molecule has 0 saturated carbocycles. The van der Waals surface area contributed by atoms with Crippen molar-refractivity contribution in [1.29, 1.82) is 0 Å². The van der Waals surface area contributed by atoms with E-state index in [4.69, 9.17) is 14.2 Å². The van der Waals surface area contributed by atoms with Crippen molar-refractivity contribution < 1.29 is 19.0 Å². The van der Waals surface area contributed by atoms with Gasteiger partial charge in [0.2, 0.25) is 12.5 Å². The quantitative estimate of drug-likeness (QED) is 0.787. The minimum absolute atomic E-state index is 0.0444. The molecule has 4 rings (SSSR count). The molecule has 0 aliphatic carbocycles. The number of benzene rings is 2. The maximum Gasteiger partial charge on any atom is 0.231 e. The number of hydrogen-bond acceptors (Lipinski definition) is 5. The Labute approximate surface area is 153 Å². The highest BCUT2D eigenvalue weighted by molar-refractivity contribution is 5.96. The largest absolute Gasteiger partial charge is 0.492 e. The van der Waals surface area contributed by atoms with Gasteiger partial charge in [0.1, 0.15) is 0 Å². The van der Waals surface area contributed by atoms with E-state index in [1.165, 1.54) is 5.56 Å². The number of fused-ring (bicyclic) bond motifs is 2. The molecule has 136 valence electrons. The van der Waals surface area contributed by atoms with Crippen LogP contribution in [0.2, 0.25) is 0 Å². The second-order valence-electron chi connectivity index (χ2n) is 6.96. The average molecular weight is 353 g/mol. The third-order valence-corrected chi connectivity index (χ3v) is 5.30. The van der Waals surface area contributed by atoms with Gasteiger partial charge in [-0.25, -0.2) is 0 Å². The van der Waals surface area contributed by atoms with Crippen LogP contribution < -0.4 is 14.2 Å². The Bertz CT molecular complexity index is 844. The summed E-state index contributed by atoms with van der Waals surface area (Å²) in [6, 6.07) is 9.75. The highest BCUT2D eigenvalue weighted by Gasteiger charge is 2.35. The predicted octanol–water partition coefficient (Wildman–Crippen LogP) is 3.53. The maximum atomic E-state index is 12.9. The Morgan fingerprint density at radius 3 is 2.77 bits per heavy atom. The molecule has 0 aromatic heterocycles. The minimum atomic E-state index is -0.0444. The van der Waals surface area contributed by atoms with Gasteiger partial charge in [0, 0.05) is 30.1 Å². The lowest BCUT2D eigenvalue weighted by Gasteiger charge is -2.35. The Morgan fingerprint density at radius 2 is 2.04 bits per heavy atom. The molecular formula is C21H23NO4. The second kappa shape index (κ2) is 6.65. The summed E-state index contributed by atoms with van der Waals surface area (Å²) in [6.07, 6.45) is 1.30. The third-order valence-electron chi connectivity index (χ3n) is 5.30. The van der Waals surface area contributed by atoms with Crippen molar-refractivity contribution in [2.45, 2.75) is 25.8 Å². The fourth-order valence-electron chi connectivity index (χ4n) is 3.82. The van der Waals surface area contributed by atoms with Crippen LogP contribution in [-0.4, -0.2) is 38.2 Å². The van der Waals surface area contributed by atoms with Crippen molar-refractivity contribution in [1.82, 2.24) is 4.90 Å². The number of hydrogen-bond donors (Lipinski definition) is 0.